The van der Waals surface area contributed by atoms with Crippen LogP contribution in [0.3, 0.4) is 0 Å². The second-order valence-electron chi connectivity index (χ2n) is 3.70. The summed E-state index contributed by atoms with van der Waals surface area (Å²) in [6.45, 7) is 0. The molecular formula is C14H14N2O. The SMILES string of the molecule is CNc1c(CC=O)cccc1-c1ccncc1. The van der Waals surface area contributed by atoms with Gasteiger partial charge in [-0.2, -0.15) is 0 Å². The molecule has 0 amide bonds. The molecule has 3 nitrogen and oxygen atoms in total. The maximum atomic E-state index is 10.7. The average Bonchev–Trinajstić information content (AvgIpc) is 2.40. The normalized spacial score (nSPS) is 9.94. The summed E-state index contributed by atoms with van der Waals surface area (Å²) in [7, 11) is 1.87. The van der Waals surface area contributed by atoms with Gasteiger partial charge in [-0.1, -0.05) is 18.2 Å². The van der Waals surface area contributed by atoms with Crippen LogP contribution in [0.2, 0.25) is 0 Å². The monoisotopic (exact) mass is 226 g/mol. The molecule has 0 saturated heterocycles. The van der Waals surface area contributed by atoms with Gasteiger partial charge >= 0.3 is 0 Å². The first-order valence-electron chi connectivity index (χ1n) is 5.50. The number of hydrogen-bond acceptors (Lipinski definition) is 3. The maximum Gasteiger partial charge on any atom is 0.124 e. The Kier molecular flexibility index (Phi) is 3.50. The first-order chi connectivity index (χ1) is 8.36. The maximum absolute atomic E-state index is 10.7. The van der Waals surface area contributed by atoms with Gasteiger partial charge in [0.25, 0.3) is 0 Å². The van der Waals surface area contributed by atoms with Crippen LogP contribution in [0.25, 0.3) is 11.1 Å². The molecule has 0 aliphatic rings. The fourth-order valence-electron chi connectivity index (χ4n) is 1.93. The zero-order chi connectivity index (χ0) is 12.1. The molecule has 0 radical (unpaired) electrons. The zero-order valence-electron chi connectivity index (χ0n) is 9.68. The largest absolute Gasteiger partial charge is 0.387 e. The van der Waals surface area contributed by atoms with Crippen molar-refractivity contribution in [2.75, 3.05) is 12.4 Å². The van der Waals surface area contributed by atoms with Gasteiger partial charge in [-0.15, -0.1) is 0 Å². The Morgan fingerprint density at radius 2 is 2.00 bits per heavy atom. The van der Waals surface area contributed by atoms with Gasteiger partial charge in [0.05, 0.1) is 0 Å². The van der Waals surface area contributed by atoms with E-state index in [0.29, 0.717) is 6.42 Å². The highest BCUT2D eigenvalue weighted by Crippen LogP contribution is 2.30. The van der Waals surface area contributed by atoms with E-state index in [1.54, 1.807) is 12.4 Å². The van der Waals surface area contributed by atoms with Crippen LogP contribution in [0.5, 0.6) is 0 Å². The van der Waals surface area contributed by atoms with Crippen molar-refractivity contribution in [3.63, 3.8) is 0 Å². The van der Waals surface area contributed by atoms with Crippen molar-refractivity contribution in [3.05, 3.63) is 48.3 Å². The lowest BCUT2D eigenvalue weighted by Crippen LogP contribution is -1.99. The minimum atomic E-state index is 0.426. The molecule has 0 aliphatic carbocycles. The standard InChI is InChI=1S/C14H14N2O/c1-15-14-12(7-10-17)3-2-4-13(14)11-5-8-16-9-6-11/h2-6,8-10,15H,7H2,1H3. The van der Waals surface area contributed by atoms with Crippen LogP contribution in [0.4, 0.5) is 5.69 Å². The number of pyridine rings is 1. The van der Waals surface area contributed by atoms with Crippen molar-refractivity contribution in [1.29, 1.82) is 0 Å². The summed E-state index contributed by atoms with van der Waals surface area (Å²) < 4.78 is 0. The smallest absolute Gasteiger partial charge is 0.124 e. The average molecular weight is 226 g/mol. The first-order valence-corrected chi connectivity index (χ1v) is 5.50. The number of benzene rings is 1. The molecule has 86 valence electrons. The van der Waals surface area contributed by atoms with Gasteiger partial charge in [0, 0.05) is 37.1 Å². The van der Waals surface area contributed by atoms with E-state index >= 15 is 0 Å². The van der Waals surface area contributed by atoms with E-state index in [0.717, 1.165) is 28.7 Å². The van der Waals surface area contributed by atoms with Crippen molar-refractivity contribution >= 4 is 12.0 Å². The molecule has 0 unspecified atom stereocenters. The molecule has 2 rings (SSSR count). The molecule has 0 atom stereocenters. The molecule has 1 N–H and O–H groups in total. The molecule has 1 heterocycles. The van der Waals surface area contributed by atoms with Crippen LogP contribution in [0.15, 0.2) is 42.7 Å². The molecule has 3 heteroatoms. The Morgan fingerprint density at radius 1 is 1.24 bits per heavy atom. The van der Waals surface area contributed by atoms with Gasteiger partial charge in [-0.25, -0.2) is 0 Å². The number of carbonyl (C=O) groups excluding carboxylic acids is 1. The van der Waals surface area contributed by atoms with Crippen molar-refractivity contribution in [2.24, 2.45) is 0 Å². The number of hydrogen-bond donors (Lipinski definition) is 1. The molecule has 1 aromatic carbocycles. The number of para-hydroxylation sites is 1. The van der Waals surface area contributed by atoms with Crippen molar-refractivity contribution < 1.29 is 4.79 Å². The molecule has 1 aromatic heterocycles. The predicted octanol–water partition coefficient (Wildman–Crippen LogP) is 2.53. The summed E-state index contributed by atoms with van der Waals surface area (Å²) in [5, 5.41) is 3.17. The van der Waals surface area contributed by atoms with Gasteiger partial charge in [-0.3, -0.25) is 4.98 Å². The summed E-state index contributed by atoms with van der Waals surface area (Å²) in [5.41, 5.74) is 4.20. The van der Waals surface area contributed by atoms with Crippen LogP contribution >= 0.6 is 0 Å². The van der Waals surface area contributed by atoms with E-state index in [9.17, 15) is 4.79 Å². The van der Waals surface area contributed by atoms with Crippen molar-refractivity contribution in [3.8, 4) is 11.1 Å². The second kappa shape index (κ2) is 5.25. The summed E-state index contributed by atoms with van der Waals surface area (Å²) in [4.78, 5) is 14.7. The fraction of sp³-hybridized carbons (Fsp3) is 0.143. The lowest BCUT2D eigenvalue weighted by atomic mass is 9.99. The van der Waals surface area contributed by atoms with E-state index in [4.69, 9.17) is 0 Å². The van der Waals surface area contributed by atoms with Crippen LogP contribution in [-0.2, 0) is 11.2 Å². The zero-order valence-corrected chi connectivity index (χ0v) is 9.68. The third kappa shape index (κ3) is 2.33. The molecule has 0 aliphatic heterocycles. The van der Waals surface area contributed by atoms with Crippen LogP contribution in [-0.4, -0.2) is 18.3 Å². The second-order valence-corrected chi connectivity index (χ2v) is 3.70. The Labute approximate surface area is 101 Å². The minimum Gasteiger partial charge on any atom is -0.387 e. The Hall–Kier alpha value is -2.16. The molecule has 0 saturated carbocycles. The van der Waals surface area contributed by atoms with Crippen LogP contribution in [0, 0.1) is 0 Å². The number of nitrogens with one attached hydrogen (secondary N) is 1. The summed E-state index contributed by atoms with van der Waals surface area (Å²) in [6, 6.07) is 9.89. The van der Waals surface area contributed by atoms with Gasteiger partial charge in [0.1, 0.15) is 6.29 Å². The van der Waals surface area contributed by atoms with Crippen molar-refractivity contribution in [2.45, 2.75) is 6.42 Å². The van der Waals surface area contributed by atoms with Crippen molar-refractivity contribution in [1.82, 2.24) is 4.98 Å². The topological polar surface area (TPSA) is 42.0 Å². The van der Waals surface area contributed by atoms with E-state index < -0.39 is 0 Å². The molecule has 17 heavy (non-hydrogen) atoms. The van der Waals surface area contributed by atoms with Gasteiger partial charge in [0.2, 0.25) is 0 Å². The lowest BCUT2D eigenvalue weighted by molar-refractivity contribution is -0.107. The Bertz CT molecular complexity index is 509. The third-order valence-corrected chi connectivity index (χ3v) is 2.70. The summed E-state index contributed by atoms with van der Waals surface area (Å²) in [6.07, 6.45) is 4.88. The number of rotatable bonds is 4. The Balaban J connectivity index is 2.54. The molecule has 0 spiro atoms. The summed E-state index contributed by atoms with van der Waals surface area (Å²) >= 11 is 0. The lowest BCUT2D eigenvalue weighted by Gasteiger charge is -2.13. The first kappa shape index (κ1) is 11.3. The number of aldehydes is 1. The quantitative estimate of drug-likeness (QED) is 0.814. The predicted molar refractivity (Wildman–Crippen MR) is 69.0 cm³/mol. The van der Waals surface area contributed by atoms with E-state index in [2.05, 4.69) is 10.3 Å². The summed E-state index contributed by atoms with van der Waals surface area (Å²) in [5.74, 6) is 0. The van der Waals surface area contributed by atoms with Gasteiger partial charge in [0.15, 0.2) is 0 Å². The van der Waals surface area contributed by atoms with Crippen LogP contribution < -0.4 is 5.32 Å². The fourth-order valence-corrected chi connectivity index (χ4v) is 1.93. The van der Waals surface area contributed by atoms with Gasteiger partial charge in [-0.05, 0) is 23.3 Å². The number of nitrogens with zero attached hydrogens (tertiary/aromatic N) is 1. The highest BCUT2D eigenvalue weighted by Gasteiger charge is 2.07. The molecular weight excluding hydrogens is 212 g/mol. The molecule has 0 fully saturated rings. The number of aromatic nitrogens is 1. The number of carbonyl (C=O) groups is 1. The van der Waals surface area contributed by atoms with E-state index in [1.165, 1.54) is 0 Å². The van der Waals surface area contributed by atoms with E-state index in [1.807, 2.05) is 37.4 Å². The highest BCUT2D eigenvalue weighted by molar-refractivity contribution is 5.81. The Morgan fingerprint density at radius 3 is 2.65 bits per heavy atom. The minimum absolute atomic E-state index is 0.426. The number of anilines is 1. The highest BCUT2D eigenvalue weighted by atomic mass is 16.1. The van der Waals surface area contributed by atoms with E-state index in [-0.39, 0.29) is 0 Å². The van der Waals surface area contributed by atoms with Gasteiger partial charge < -0.3 is 10.1 Å². The molecule has 2 aromatic rings. The van der Waals surface area contributed by atoms with Crippen LogP contribution in [0.1, 0.15) is 5.56 Å². The molecule has 0 bridgehead atoms. The third-order valence-electron chi connectivity index (χ3n) is 2.70.